The zero-order chi connectivity index (χ0) is 9.68. The fraction of sp³-hybridized carbons (Fsp3) is 0.400. The van der Waals surface area contributed by atoms with Crippen LogP contribution in [-0.4, -0.2) is 13.7 Å². The van der Waals surface area contributed by atoms with Crippen LogP contribution >= 0.6 is 11.6 Å². The van der Waals surface area contributed by atoms with Crippen molar-refractivity contribution in [1.82, 2.24) is 0 Å². The second-order valence-electron chi connectivity index (χ2n) is 2.52. The molecule has 13 heavy (non-hydrogen) atoms. The highest BCUT2D eigenvalue weighted by molar-refractivity contribution is 6.17. The number of halogens is 1. The Morgan fingerprint density at radius 3 is 2.69 bits per heavy atom. The monoisotopic (exact) mass is 200 g/mol. The largest absolute Gasteiger partial charge is 0.493 e. The quantitative estimate of drug-likeness (QED) is 0.696. The SMILES string of the molecule is CCOc1c(CCl)cccc1OC. The average Bonchev–Trinajstić information content (AvgIpc) is 2.18. The van der Waals surface area contributed by atoms with Crippen LogP contribution in [0.2, 0.25) is 0 Å². The van der Waals surface area contributed by atoms with E-state index in [1.807, 2.05) is 25.1 Å². The van der Waals surface area contributed by atoms with Crippen molar-refractivity contribution in [2.75, 3.05) is 13.7 Å². The third-order valence-electron chi connectivity index (χ3n) is 1.71. The van der Waals surface area contributed by atoms with E-state index < -0.39 is 0 Å². The number of hydrogen-bond donors (Lipinski definition) is 0. The normalized spacial score (nSPS) is 9.77. The summed E-state index contributed by atoms with van der Waals surface area (Å²) in [6, 6.07) is 5.70. The summed E-state index contributed by atoms with van der Waals surface area (Å²) in [5.41, 5.74) is 0.961. The van der Waals surface area contributed by atoms with Gasteiger partial charge in [0.25, 0.3) is 0 Å². The molecule has 0 aliphatic carbocycles. The maximum absolute atomic E-state index is 5.76. The van der Waals surface area contributed by atoms with Gasteiger partial charge in [-0.3, -0.25) is 0 Å². The molecule has 1 aromatic rings. The number of alkyl halides is 1. The number of hydrogen-bond acceptors (Lipinski definition) is 2. The predicted molar refractivity (Wildman–Crippen MR) is 53.7 cm³/mol. The zero-order valence-corrected chi connectivity index (χ0v) is 8.60. The van der Waals surface area contributed by atoms with Crippen LogP contribution in [-0.2, 0) is 5.88 Å². The molecule has 0 saturated carbocycles. The molecule has 2 nitrogen and oxygen atoms in total. The van der Waals surface area contributed by atoms with Gasteiger partial charge < -0.3 is 9.47 Å². The van der Waals surface area contributed by atoms with E-state index in [2.05, 4.69) is 0 Å². The summed E-state index contributed by atoms with van der Waals surface area (Å²) in [6.07, 6.45) is 0. The van der Waals surface area contributed by atoms with Gasteiger partial charge in [-0.1, -0.05) is 12.1 Å². The molecule has 0 spiro atoms. The van der Waals surface area contributed by atoms with E-state index in [1.165, 1.54) is 0 Å². The molecular weight excluding hydrogens is 188 g/mol. The number of benzene rings is 1. The van der Waals surface area contributed by atoms with Gasteiger partial charge in [0, 0.05) is 5.56 Å². The topological polar surface area (TPSA) is 18.5 Å². The van der Waals surface area contributed by atoms with Crippen molar-refractivity contribution in [3.63, 3.8) is 0 Å². The van der Waals surface area contributed by atoms with Crippen LogP contribution < -0.4 is 9.47 Å². The summed E-state index contributed by atoms with van der Waals surface area (Å²) in [5.74, 6) is 1.93. The molecule has 0 atom stereocenters. The molecule has 0 N–H and O–H groups in total. The van der Waals surface area contributed by atoms with Gasteiger partial charge in [0.1, 0.15) is 0 Å². The second-order valence-corrected chi connectivity index (χ2v) is 2.78. The van der Waals surface area contributed by atoms with Crippen LogP contribution in [0.5, 0.6) is 11.5 Å². The van der Waals surface area contributed by atoms with Crippen molar-refractivity contribution < 1.29 is 9.47 Å². The highest BCUT2D eigenvalue weighted by Crippen LogP contribution is 2.31. The van der Waals surface area contributed by atoms with Crippen molar-refractivity contribution in [1.29, 1.82) is 0 Å². The lowest BCUT2D eigenvalue weighted by Crippen LogP contribution is -1.98. The van der Waals surface area contributed by atoms with Gasteiger partial charge in [0.15, 0.2) is 11.5 Å². The highest BCUT2D eigenvalue weighted by Gasteiger charge is 2.08. The third-order valence-corrected chi connectivity index (χ3v) is 2.00. The van der Waals surface area contributed by atoms with Crippen LogP contribution in [0.15, 0.2) is 18.2 Å². The fourth-order valence-electron chi connectivity index (χ4n) is 1.14. The predicted octanol–water partition coefficient (Wildman–Crippen LogP) is 2.83. The van der Waals surface area contributed by atoms with Gasteiger partial charge in [-0.05, 0) is 13.0 Å². The van der Waals surface area contributed by atoms with Crippen LogP contribution in [0.4, 0.5) is 0 Å². The maximum Gasteiger partial charge on any atom is 0.165 e. The first-order valence-corrected chi connectivity index (χ1v) is 4.71. The van der Waals surface area contributed by atoms with Gasteiger partial charge >= 0.3 is 0 Å². The summed E-state index contributed by atoms with van der Waals surface area (Å²) in [6.45, 7) is 2.55. The Hall–Kier alpha value is -0.890. The van der Waals surface area contributed by atoms with Crippen molar-refractivity contribution in [2.24, 2.45) is 0 Å². The molecule has 0 unspecified atom stereocenters. The Bertz CT molecular complexity index is 251. The first kappa shape index (κ1) is 10.2. The molecule has 0 saturated heterocycles. The highest BCUT2D eigenvalue weighted by atomic mass is 35.5. The molecule has 3 heteroatoms. The fourth-order valence-corrected chi connectivity index (χ4v) is 1.35. The Kier molecular flexibility index (Phi) is 3.90. The second kappa shape index (κ2) is 4.97. The number of rotatable bonds is 4. The summed E-state index contributed by atoms with van der Waals surface area (Å²) in [7, 11) is 1.62. The zero-order valence-electron chi connectivity index (χ0n) is 7.84. The molecular formula is C10H13ClO2. The van der Waals surface area contributed by atoms with E-state index in [9.17, 15) is 0 Å². The van der Waals surface area contributed by atoms with Gasteiger partial charge in [0.2, 0.25) is 0 Å². The summed E-state index contributed by atoms with van der Waals surface area (Å²) >= 11 is 5.76. The molecule has 0 radical (unpaired) electrons. The van der Waals surface area contributed by atoms with E-state index in [1.54, 1.807) is 7.11 Å². The summed E-state index contributed by atoms with van der Waals surface area (Å²) in [4.78, 5) is 0. The molecule has 1 rings (SSSR count). The molecule has 72 valence electrons. The minimum atomic E-state index is 0.437. The van der Waals surface area contributed by atoms with Gasteiger partial charge in [-0.15, -0.1) is 11.6 Å². The molecule has 0 aliphatic rings. The van der Waals surface area contributed by atoms with E-state index in [0.29, 0.717) is 12.5 Å². The van der Waals surface area contributed by atoms with Gasteiger partial charge in [0.05, 0.1) is 19.6 Å². The molecule has 1 aromatic carbocycles. The summed E-state index contributed by atoms with van der Waals surface area (Å²) < 4.78 is 10.6. The first-order chi connectivity index (χ1) is 6.33. The number of para-hydroxylation sites is 1. The van der Waals surface area contributed by atoms with Crippen molar-refractivity contribution in [3.8, 4) is 11.5 Å². The van der Waals surface area contributed by atoms with Crippen molar-refractivity contribution >= 4 is 11.6 Å². The standard InChI is InChI=1S/C10H13ClO2/c1-3-13-10-8(7-11)5-4-6-9(10)12-2/h4-6H,3,7H2,1-2H3. The Labute approximate surface area is 83.4 Å². The van der Waals surface area contributed by atoms with Crippen molar-refractivity contribution in [2.45, 2.75) is 12.8 Å². The van der Waals surface area contributed by atoms with Gasteiger partial charge in [-0.25, -0.2) is 0 Å². The lowest BCUT2D eigenvalue weighted by Gasteiger charge is -2.11. The van der Waals surface area contributed by atoms with E-state index in [-0.39, 0.29) is 0 Å². The first-order valence-electron chi connectivity index (χ1n) is 4.18. The van der Waals surface area contributed by atoms with Crippen LogP contribution in [0.1, 0.15) is 12.5 Å². The minimum Gasteiger partial charge on any atom is -0.493 e. The Morgan fingerprint density at radius 2 is 2.15 bits per heavy atom. The smallest absolute Gasteiger partial charge is 0.165 e. The average molecular weight is 201 g/mol. The molecule has 0 bridgehead atoms. The van der Waals surface area contributed by atoms with Gasteiger partial charge in [-0.2, -0.15) is 0 Å². The maximum atomic E-state index is 5.76. The molecule has 0 aliphatic heterocycles. The van der Waals surface area contributed by atoms with Crippen LogP contribution in [0.3, 0.4) is 0 Å². The van der Waals surface area contributed by atoms with E-state index >= 15 is 0 Å². The van der Waals surface area contributed by atoms with E-state index in [4.69, 9.17) is 21.1 Å². The van der Waals surface area contributed by atoms with Crippen molar-refractivity contribution in [3.05, 3.63) is 23.8 Å². The number of methoxy groups -OCH3 is 1. The third kappa shape index (κ3) is 2.28. The molecule has 0 heterocycles. The lowest BCUT2D eigenvalue weighted by atomic mass is 10.2. The molecule has 0 amide bonds. The Balaban J connectivity index is 3.05. The van der Waals surface area contributed by atoms with Crippen LogP contribution in [0.25, 0.3) is 0 Å². The van der Waals surface area contributed by atoms with Crippen LogP contribution in [0, 0.1) is 0 Å². The number of ether oxygens (including phenoxy) is 2. The molecule has 0 fully saturated rings. The van der Waals surface area contributed by atoms with E-state index in [0.717, 1.165) is 17.1 Å². The molecule has 0 aromatic heterocycles. The minimum absolute atomic E-state index is 0.437. The lowest BCUT2D eigenvalue weighted by molar-refractivity contribution is 0.308. The Morgan fingerprint density at radius 1 is 1.38 bits per heavy atom. The summed E-state index contributed by atoms with van der Waals surface area (Å²) in [5, 5.41) is 0.